The molecule has 7 nitrogen and oxygen atoms in total. The third-order valence-corrected chi connectivity index (χ3v) is 4.12. The second kappa shape index (κ2) is 6.36. The molecule has 0 aromatic carbocycles. The number of carboxylic acid groups (broad SMARTS) is 1. The Morgan fingerprint density at radius 2 is 2.13 bits per heavy atom. The van der Waals surface area contributed by atoms with Crippen molar-refractivity contribution in [3.05, 3.63) is 24.2 Å². The van der Waals surface area contributed by atoms with Crippen LogP contribution in [-0.4, -0.2) is 39.3 Å². The van der Waals surface area contributed by atoms with Crippen LogP contribution in [0.15, 0.2) is 22.9 Å². The molecule has 0 atom stereocenters. The minimum Gasteiger partial charge on any atom is -0.481 e. The van der Waals surface area contributed by atoms with Crippen LogP contribution in [-0.2, 0) is 4.79 Å². The first-order valence-corrected chi connectivity index (χ1v) is 7.82. The lowest BCUT2D eigenvalue weighted by molar-refractivity contribution is -0.142. The molecule has 1 N–H and O–H groups in total. The monoisotopic (exact) mass is 316 g/mol. The van der Waals surface area contributed by atoms with Crippen LogP contribution in [0.25, 0.3) is 11.5 Å². The van der Waals surface area contributed by atoms with Gasteiger partial charge in [0, 0.05) is 30.8 Å². The van der Waals surface area contributed by atoms with E-state index >= 15 is 0 Å². The Hall–Kier alpha value is -2.44. The fourth-order valence-corrected chi connectivity index (χ4v) is 2.67. The van der Waals surface area contributed by atoms with Crippen molar-refractivity contribution in [1.82, 2.24) is 15.1 Å². The van der Waals surface area contributed by atoms with E-state index in [2.05, 4.69) is 20.0 Å². The van der Waals surface area contributed by atoms with Gasteiger partial charge in [-0.3, -0.25) is 4.79 Å². The second-order valence-electron chi connectivity index (χ2n) is 6.11. The van der Waals surface area contributed by atoms with E-state index in [1.807, 2.05) is 26.0 Å². The Labute approximate surface area is 134 Å². The van der Waals surface area contributed by atoms with Gasteiger partial charge in [-0.1, -0.05) is 19.0 Å². The summed E-state index contributed by atoms with van der Waals surface area (Å²) < 4.78 is 5.32. The highest BCUT2D eigenvalue weighted by molar-refractivity contribution is 5.70. The number of aromatic nitrogens is 3. The smallest absolute Gasteiger partial charge is 0.306 e. The second-order valence-corrected chi connectivity index (χ2v) is 6.11. The summed E-state index contributed by atoms with van der Waals surface area (Å²) in [6, 6.07) is 3.75. The first-order chi connectivity index (χ1) is 11.0. The first kappa shape index (κ1) is 15.5. The summed E-state index contributed by atoms with van der Waals surface area (Å²) in [7, 11) is 0. The van der Waals surface area contributed by atoms with Crippen molar-refractivity contribution in [3.8, 4) is 11.5 Å². The fourth-order valence-electron chi connectivity index (χ4n) is 2.67. The molecule has 0 saturated carbocycles. The van der Waals surface area contributed by atoms with Crippen LogP contribution in [0.3, 0.4) is 0 Å². The zero-order valence-corrected chi connectivity index (χ0v) is 13.3. The topological polar surface area (TPSA) is 92.4 Å². The van der Waals surface area contributed by atoms with Gasteiger partial charge in [0.1, 0.15) is 5.82 Å². The van der Waals surface area contributed by atoms with Gasteiger partial charge in [0.25, 0.3) is 5.89 Å². The Balaban J connectivity index is 1.76. The summed E-state index contributed by atoms with van der Waals surface area (Å²) in [5.74, 6) is 1.23. The van der Waals surface area contributed by atoms with Gasteiger partial charge in [-0.05, 0) is 25.0 Å². The summed E-state index contributed by atoms with van der Waals surface area (Å²) in [5.41, 5.74) is 0.828. The van der Waals surface area contributed by atoms with Crippen molar-refractivity contribution >= 4 is 11.8 Å². The van der Waals surface area contributed by atoms with E-state index in [9.17, 15) is 4.79 Å². The SMILES string of the molecule is CC(C)c1noc(-c2ccnc(N3CCC(C(=O)O)CC3)c2)n1. The largest absolute Gasteiger partial charge is 0.481 e. The number of carbonyl (C=O) groups is 1. The number of nitrogens with zero attached hydrogens (tertiary/aromatic N) is 4. The maximum absolute atomic E-state index is 11.0. The molecule has 1 fully saturated rings. The Morgan fingerprint density at radius 3 is 2.74 bits per heavy atom. The number of pyridine rings is 1. The summed E-state index contributed by atoms with van der Waals surface area (Å²) in [5, 5.41) is 13.1. The van der Waals surface area contributed by atoms with E-state index in [0.29, 0.717) is 37.6 Å². The third-order valence-electron chi connectivity index (χ3n) is 4.12. The standard InChI is InChI=1S/C16H20N4O3/c1-10(2)14-18-15(23-19-14)12-3-6-17-13(9-12)20-7-4-11(5-8-20)16(21)22/h3,6,9-11H,4-5,7-8H2,1-2H3,(H,21,22). The molecule has 1 aliphatic rings. The van der Waals surface area contributed by atoms with Crippen molar-refractivity contribution < 1.29 is 14.4 Å². The molecule has 7 heteroatoms. The molecule has 3 rings (SSSR count). The lowest BCUT2D eigenvalue weighted by Crippen LogP contribution is -2.36. The first-order valence-electron chi connectivity index (χ1n) is 7.82. The number of anilines is 1. The number of hydrogen-bond donors (Lipinski definition) is 1. The van der Waals surface area contributed by atoms with E-state index in [4.69, 9.17) is 9.63 Å². The summed E-state index contributed by atoms with van der Waals surface area (Å²) >= 11 is 0. The Kier molecular flexibility index (Phi) is 4.27. The predicted molar refractivity (Wildman–Crippen MR) is 84.2 cm³/mol. The molecule has 0 unspecified atom stereocenters. The van der Waals surface area contributed by atoms with Gasteiger partial charge in [-0.2, -0.15) is 4.98 Å². The normalized spacial score (nSPS) is 16.0. The van der Waals surface area contributed by atoms with E-state index in [1.165, 1.54) is 0 Å². The number of aliphatic carboxylic acids is 1. The van der Waals surface area contributed by atoms with Crippen molar-refractivity contribution in [1.29, 1.82) is 0 Å². The van der Waals surface area contributed by atoms with E-state index < -0.39 is 5.97 Å². The van der Waals surface area contributed by atoms with Crippen LogP contribution in [0.5, 0.6) is 0 Å². The molecule has 2 aromatic heterocycles. The maximum atomic E-state index is 11.0. The summed E-state index contributed by atoms with van der Waals surface area (Å²) in [6.07, 6.45) is 2.99. The molecule has 0 aliphatic carbocycles. The van der Waals surface area contributed by atoms with Crippen LogP contribution in [0.4, 0.5) is 5.82 Å². The molecular weight excluding hydrogens is 296 g/mol. The molecular formula is C16H20N4O3. The highest BCUT2D eigenvalue weighted by atomic mass is 16.5. The van der Waals surface area contributed by atoms with Gasteiger partial charge < -0.3 is 14.5 Å². The lowest BCUT2D eigenvalue weighted by Gasteiger charge is -2.31. The van der Waals surface area contributed by atoms with E-state index in [0.717, 1.165) is 11.4 Å². The van der Waals surface area contributed by atoms with Gasteiger partial charge in [0.05, 0.1) is 5.92 Å². The van der Waals surface area contributed by atoms with Crippen molar-refractivity contribution in [2.24, 2.45) is 5.92 Å². The maximum Gasteiger partial charge on any atom is 0.306 e. The van der Waals surface area contributed by atoms with Crippen LogP contribution in [0, 0.1) is 5.92 Å². The lowest BCUT2D eigenvalue weighted by atomic mass is 9.97. The van der Waals surface area contributed by atoms with E-state index in [1.54, 1.807) is 6.20 Å². The molecule has 122 valence electrons. The Bertz CT molecular complexity index is 690. The molecule has 2 aromatic rings. The summed E-state index contributed by atoms with van der Waals surface area (Å²) in [4.78, 5) is 21.9. The quantitative estimate of drug-likeness (QED) is 0.926. The van der Waals surface area contributed by atoms with Crippen LogP contribution in [0.2, 0.25) is 0 Å². The van der Waals surface area contributed by atoms with Crippen LogP contribution < -0.4 is 4.90 Å². The highest BCUT2D eigenvalue weighted by Crippen LogP contribution is 2.26. The minimum atomic E-state index is -0.710. The molecule has 0 bridgehead atoms. The molecule has 0 radical (unpaired) electrons. The van der Waals surface area contributed by atoms with Gasteiger partial charge in [0.2, 0.25) is 0 Å². The molecule has 1 aliphatic heterocycles. The molecule has 0 amide bonds. The number of hydrogen-bond acceptors (Lipinski definition) is 6. The molecule has 23 heavy (non-hydrogen) atoms. The molecule has 0 spiro atoms. The van der Waals surface area contributed by atoms with Crippen molar-refractivity contribution in [2.45, 2.75) is 32.6 Å². The van der Waals surface area contributed by atoms with Gasteiger partial charge in [-0.15, -0.1) is 0 Å². The van der Waals surface area contributed by atoms with Gasteiger partial charge in [0.15, 0.2) is 5.82 Å². The number of carboxylic acids is 1. The molecule has 3 heterocycles. The zero-order valence-electron chi connectivity index (χ0n) is 13.3. The van der Waals surface area contributed by atoms with Crippen LogP contribution in [0.1, 0.15) is 38.4 Å². The average molecular weight is 316 g/mol. The minimum absolute atomic E-state index is 0.212. The number of piperidine rings is 1. The average Bonchev–Trinajstić information content (AvgIpc) is 3.05. The van der Waals surface area contributed by atoms with Gasteiger partial charge in [-0.25, -0.2) is 4.98 Å². The van der Waals surface area contributed by atoms with Crippen molar-refractivity contribution in [3.63, 3.8) is 0 Å². The predicted octanol–water partition coefficient (Wildman–Crippen LogP) is 2.56. The van der Waals surface area contributed by atoms with Crippen LogP contribution >= 0.6 is 0 Å². The fraction of sp³-hybridized carbons (Fsp3) is 0.500. The molecule has 1 saturated heterocycles. The third kappa shape index (κ3) is 3.33. The highest BCUT2D eigenvalue weighted by Gasteiger charge is 2.25. The van der Waals surface area contributed by atoms with Crippen molar-refractivity contribution in [2.75, 3.05) is 18.0 Å². The Morgan fingerprint density at radius 1 is 1.39 bits per heavy atom. The zero-order chi connectivity index (χ0) is 16.4. The van der Waals surface area contributed by atoms with Gasteiger partial charge >= 0.3 is 5.97 Å². The van der Waals surface area contributed by atoms with E-state index in [-0.39, 0.29) is 11.8 Å². The number of rotatable bonds is 4. The summed E-state index contributed by atoms with van der Waals surface area (Å²) in [6.45, 7) is 5.40.